The summed E-state index contributed by atoms with van der Waals surface area (Å²) in [6.45, 7) is 3.13. The highest BCUT2D eigenvalue weighted by Gasteiger charge is 2.25. The third-order valence-electron chi connectivity index (χ3n) is 4.99. The maximum absolute atomic E-state index is 12.3. The summed E-state index contributed by atoms with van der Waals surface area (Å²) in [5, 5.41) is 17.6. The van der Waals surface area contributed by atoms with Crippen LogP contribution < -0.4 is 10.6 Å². The van der Waals surface area contributed by atoms with Gasteiger partial charge in [0.2, 0.25) is 5.91 Å². The largest absolute Gasteiger partial charge is 0.379 e. The number of hydrogen-bond donors (Lipinski definition) is 2. The molecule has 1 saturated heterocycles. The molecule has 7 nitrogen and oxygen atoms in total. The minimum absolute atomic E-state index is 0. The second kappa shape index (κ2) is 9.73. The van der Waals surface area contributed by atoms with Gasteiger partial charge in [-0.25, -0.2) is 0 Å². The standard InChI is InChI=1S/C18H26N4O3.ClH/c23-18(7-10-19-16-3-1-2-4-17(16)22(24)25)21-11-8-15(9-12-21)20-13-14-5-6-14;/h1-4,14-15,19-20H,5-13H2;1H. The van der Waals surface area contributed by atoms with Crippen LogP contribution in [-0.4, -0.2) is 48.0 Å². The highest BCUT2D eigenvalue weighted by atomic mass is 35.5. The Morgan fingerprint density at radius 3 is 2.54 bits per heavy atom. The molecule has 0 radical (unpaired) electrons. The van der Waals surface area contributed by atoms with Crippen LogP contribution in [0.3, 0.4) is 0 Å². The molecule has 0 unspecified atom stereocenters. The number of hydrogen-bond acceptors (Lipinski definition) is 5. The van der Waals surface area contributed by atoms with E-state index in [1.54, 1.807) is 18.2 Å². The molecule has 8 heteroatoms. The number of anilines is 1. The Morgan fingerprint density at radius 1 is 1.19 bits per heavy atom. The van der Waals surface area contributed by atoms with Crippen molar-refractivity contribution in [1.29, 1.82) is 0 Å². The predicted octanol–water partition coefficient (Wildman–Crippen LogP) is 2.81. The number of amides is 1. The summed E-state index contributed by atoms with van der Waals surface area (Å²) in [5.74, 6) is 1.000. The average Bonchev–Trinajstić information content (AvgIpc) is 3.45. The first kappa shape index (κ1) is 20.5. The predicted molar refractivity (Wildman–Crippen MR) is 104 cm³/mol. The van der Waals surface area contributed by atoms with Crippen molar-refractivity contribution in [3.8, 4) is 0 Å². The Morgan fingerprint density at radius 2 is 1.88 bits per heavy atom. The van der Waals surface area contributed by atoms with E-state index in [1.165, 1.54) is 18.9 Å². The van der Waals surface area contributed by atoms with Crippen LogP contribution >= 0.6 is 12.4 Å². The van der Waals surface area contributed by atoms with Gasteiger partial charge in [-0.15, -0.1) is 12.4 Å². The minimum Gasteiger partial charge on any atom is -0.379 e. The van der Waals surface area contributed by atoms with Crippen LogP contribution in [0.1, 0.15) is 32.1 Å². The van der Waals surface area contributed by atoms with E-state index < -0.39 is 4.92 Å². The van der Waals surface area contributed by atoms with Crippen molar-refractivity contribution < 1.29 is 9.72 Å². The maximum atomic E-state index is 12.3. The van der Waals surface area contributed by atoms with E-state index in [0.29, 0.717) is 24.7 Å². The Balaban J connectivity index is 0.00000243. The molecule has 0 atom stereocenters. The number of nitrogens with zero attached hydrogens (tertiary/aromatic N) is 2. The van der Waals surface area contributed by atoms with Gasteiger partial charge in [0, 0.05) is 38.2 Å². The van der Waals surface area contributed by atoms with Crippen molar-refractivity contribution in [2.75, 3.05) is 31.5 Å². The monoisotopic (exact) mass is 382 g/mol. The van der Waals surface area contributed by atoms with Gasteiger partial charge in [-0.2, -0.15) is 0 Å². The molecule has 0 spiro atoms. The first-order valence-electron chi connectivity index (χ1n) is 9.12. The summed E-state index contributed by atoms with van der Waals surface area (Å²) < 4.78 is 0. The molecule has 0 aromatic heterocycles. The van der Waals surface area contributed by atoms with Crippen molar-refractivity contribution in [2.24, 2.45) is 5.92 Å². The van der Waals surface area contributed by atoms with E-state index >= 15 is 0 Å². The zero-order valence-electron chi connectivity index (χ0n) is 14.9. The lowest BCUT2D eigenvalue weighted by molar-refractivity contribution is -0.384. The summed E-state index contributed by atoms with van der Waals surface area (Å²) in [6, 6.07) is 7.05. The molecule has 1 aromatic carbocycles. The van der Waals surface area contributed by atoms with Gasteiger partial charge in [0.05, 0.1) is 4.92 Å². The molecule has 1 saturated carbocycles. The zero-order chi connectivity index (χ0) is 17.6. The molecular weight excluding hydrogens is 356 g/mol. The highest BCUT2D eigenvalue weighted by molar-refractivity contribution is 5.85. The molecule has 1 aliphatic carbocycles. The maximum Gasteiger partial charge on any atom is 0.292 e. The van der Waals surface area contributed by atoms with Gasteiger partial charge in [-0.3, -0.25) is 14.9 Å². The summed E-state index contributed by atoms with van der Waals surface area (Å²) >= 11 is 0. The Hall–Kier alpha value is -1.86. The molecule has 26 heavy (non-hydrogen) atoms. The molecule has 2 N–H and O–H groups in total. The smallest absolute Gasteiger partial charge is 0.292 e. The number of piperidine rings is 1. The second-order valence-corrected chi connectivity index (χ2v) is 6.96. The van der Waals surface area contributed by atoms with E-state index in [0.717, 1.165) is 38.4 Å². The lowest BCUT2D eigenvalue weighted by Crippen LogP contribution is -2.45. The van der Waals surface area contributed by atoms with Gasteiger partial charge in [0.25, 0.3) is 5.69 Å². The Bertz CT molecular complexity index is 616. The lowest BCUT2D eigenvalue weighted by atomic mass is 10.0. The van der Waals surface area contributed by atoms with Gasteiger partial charge in [-0.05, 0) is 44.2 Å². The fourth-order valence-corrected chi connectivity index (χ4v) is 3.23. The van der Waals surface area contributed by atoms with Crippen LogP contribution in [0.4, 0.5) is 11.4 Å². The van der Waals surface area contributed by atoms with E-state index in [4.69, 9.17) is 0 Å². The normalized spacial score (nSPS) is 17.5. The third-order valence-corrected chi connectivity index (χ3v) is 4.99. The van der Waals surface area contributed by atoms with Gasteiger partial charge in [-0.1, -0.05) is 12.1 Å². The van der Waals surface area contributed by atoms with Crippen LogP contribution in [-0.2, 0) is 4.79 Å². The number of nitrogens with one attached hydrogen (secondary N) is 2. The van der Waals surface area contributed by atoms with Crippen LogP contribution in [0.5, 0.6) is 0 Å². The molecule has 1 amide bonds. The number of nitro groups is 1. The molecule has 2 aliphatic rings. The van der Waals surface area contributed by atoms with Crippen LogP contribution in [0.2, 0.25) is 0 Å². The van der Waals surface area contributed by atoms with Crippen LogP contribution in [0.25, 0.3) is 0 Å². The first-order chi connectivity index (χ1) is 12.1. The second-order valence-electron chi connectivity index (χ2n) is 6.96. The minimum atomic E-state index is -0.413. The van der Waals surface area contributed by atoms with E-state index in [2.05, 4.69) is 10.6 Å². The van der Waals surface area contributed by atoms with E-state index in [1.807, 2.05) is 4.90 Å². The Kier molecular flexibility index (Phi) is 7.66. The van der Waals surface area contributed by atoms with Crippen molar-refractivity contribution in [3.63, 3.8) is 0 Å². The number of carbonyl (C=O) groups is 1. The van der Waals surface area contributed by atoms with Crippen molar-refractivity contribution >= 4 is 29.7 Å². The fraction of sp³-hybridized carbons (Fsp3) is 0.611. The number of halogens is 1. The van der Waals surface area contributed by atoms with E-state index in [9.17, 15) is 14.9 Å². The molecule has 1 aromatic rings. The number of nitro benzene ring substituents is 1. The SMILES string of the molecule is Cl.O=C(CCNc1ccccc1[N+](=O)[O-])N1CCC(NCC2CC2)CC1. The van der Waals surface area contributed by atoms with Gasteiger partial charge in [0.15, 0.2) is 0 Å². The lowest BCUT2D eigenvalue weighted by Gasteiger charge is -2.32. The molecule has 3 rings (SSSR count). The van der Waals surface area contributed by atoms with Gasteiger partial charge < -0.3 is 15.5 Å². The van der Waals surface area contributed by atoms with Crippen molar-refractivity contribution in [1.82, 2.24) is 10.2 Å². The van der Waals surface area contributed by atoms with Crippen molar-refractivity contribution in [2.45, 2.75) is 38.1 Å². The van der Waals surface area contributed by atoms with Crippen LogP contribution in [0, 0.1) is 16.0 Å². The summed E-state index contributed by atoms with van der Waals surface area (Å²) in [6.07, 6.45) is 5.09. The highest BCUT2D eigenvalue weighted by Crippen LogP contribution is 2.28. The third kappa shape index (κ3) is 5.85. The quantitative estimate of drug-likeness (QED) is 0.533. The van der Waals surface area contributed by atoms with Gasteiger partial charge in [0.1, 0.15) is 5.69 Å². The number of benzene rings is 1. The number of para-hydroxylation sites is 2. The molecule has 1 aliphatic heterocycles. The number of rotatable bonds is 8. The first-order valence-corrected chi connectivity index (χ1v) is 9.12. The molecular formula is C18H27ClN4O3. The molecule has 2 fully saturated rings. The summed E-state index contributed by atoms with van der Waals surface area (Å²) in [4.78, 5) is 24.8. The topological polar surface area (TPSA) is 87.5 Å². The molecule has 0 bridgehead atoms. The van der Waals surface area contributed by atoms with Crippen molar-refractivity contribution in [3.05, 3.63) is 34.4 Å². The van der Waals surface area contributed by atoms with Gasteiger partial charge >= 0.3 is 0 Å². The number of likely N-dealkylation sites (tertiary alicyclic amines) is 1. The molecule has 144 valence electrons. The average molecular weight is 383 g/mol. The number of carbonyl (C=O) groups excluding carboxylic acids is 1. The Labute approximate surface area is 160 Å². The molecule has 1 heterocycles. The summed E-state index contributed by atoms with van der Waals surface area (Å²) in [7, 11) is 0. The zero-order valence-corrected chi connectivity index (χ0v) is 15.7. The van der Waals surface area contributed by atoms with E-state index in [-0.39, 0.29) is 24.0 Å². The summed E-state index contributed by atoms with van der Waals surface area (Å²) in [5.41, 5.74) is 0.501. The van der Waals surface area contributed by atoms with Crippen LogP contribution in [0.15, 0.2) is 24.3 Å². The fourth-order valence-electron chi connectivity index (χ4n) is 3.23.